The van der Waals surface area contributed by atoms with Crippen molar-refractivity contribution in [2.24, 2.45) is 22.5 Å². The summed E-state index contributed by atoms with van der Waals surface area (Å²) in [7, 11) is 0. The SMILES string of the molecule is CCC(CN)SC(C)CC(CC)C(=O)C(C)(CC)SC(C)(C)CC(C)(C)C(=O)OCC(CO)(CO)CO. The first-order valence-electron chi connectivity index (χ1n) is 13.6. The predicted molar refractivity (Wildman–Crippen MR) is 157 cm³/mol. The molecule has 9 heteroatoms. The molecule has 7 nitrogen and oxygen atoms in total. The van der Waals surface area contributed by atoms with E-state index in [4.69, 9.17) is 10.5 Å². The number of hydrogen-bond acceptors (Lipinski definition) is 9. The maximum atomic E-state index is 13.9. The second kappa shape index (κ2) is 16.1. The number of nitrogens with two attached hydrogens (primary N) is 1. The fraction of sp³-hybridized carbons (Fsp3) is 0.929. The number of rotatable bonds is 20. The fourth-order valence-electron chi connectivity index (χ4n) is 4.77. The Kier molecular flexibility index (Phi) is 15.9. The van der Waals surface area contributed by atoms with Crippen LogP contribution in [0.15, 0.2) is 0 Å². The Hall–Kier alpha value is -0.320. The summed E-state index contributed by atoms with van der Waals surface area (Å²) < 4.78 is 4.44. The lowest BCUT2D eigenvalue weighted by atomic mass is 9.83. The molecule has 37 heavy (non-hydrogen) atoms. The predicted octanol–water partition coefficient (Wildman–Crippen LogP) is 4.43. The van der Waals surface area contributed by atoms with E-state index in [1.165, 1.54) is 0 Å². The smallest absolute Gasteiger partial charge is 0.311 e. The molecule has 5 N–H and O–H groups in total. The van der Waals surface area contributed by atoms with Crippen LogP contribution in [0.1, 0.15) is 94.4 Å². The largest absolute Gasteiger partial charge is 0.464 e. The first-order chi connectivity index (χ1) is 17.0. The van der Waals surface area contributed by atoms with Crippen LogP contribution in [0.2, 0.25) is 0 Å². The maximum absolute atomic E-state index is 13.9. The van der Waals surface area contributed by atoms with E-state index in [1.54, 1.807) is 25.6 Å². The minimum absolute atomic E-state index is 0.0347. The van der Waals surface area contributed by atoms with E-state index in [2.05, 4.69) is 34.6 Å². The average Bonchev–Trinajstić information content (AvgIpc) is 2.85. The maximum Gasteiger partial charge on any atom is 0.311 e. The third kappa shape index (κ3) is 11.4. The molecule has 0 spiro atoms. The van der Waals surface area contributed by atoms with E-state index in [1.807, 2.05) is 25.6 Å². The van der Waals surface area contributed by atoms with Gasteiger partial charge in [-0.15, -0.1) is 11.8 Å². The Balaban J connectivity index is 5.48. The highest BCUT2D eigenvalue weighted by atomic mass is 32.2. The summed E-state index contributed by atoms with van der Waals surface area (Å²) in [5.74, 6) is -0.233. The molecule has 0 radical (unpaired) electrons. The monoisotopic (exact) mass is 565 g/mol. The summed E-state index contributed by atoms with van der Waals surface area (Å²) in [5.41, 5.74) is 3.75. The van der Waals surface area contributed by atoms with Gasteiger partial charge in [-0.05, 0) is 52.9 Å². The lowest BCUT2D eigenvalue weighted by molar-refractivity contribution is -0.162. The number of ketones is 1. The third-order valence-corrected chi connectivity index (χ3v) is 10.5. The van der Waals surface area contributed by atoms with Gasteiger partial charge in [-0.3, -0.25) is 9.59 Å². The van der Waals surface area contributed by atoms with Gasteiger partial charge in [-0.1, -0.05) is 41.5 Å². The number of ether oxygens (including phenoxy) is 1. The minimum Gasteiger partial charge on any atom is -0.464 e. The van der Waals surface area contributed by atoms with E-state index in [0.29, 0.717) is 29.9 Å². The number of esters is 1. The first kappa shape index (κ1) is 36.7. The highest BCUT2D eigenvalue weighted by Crippen LogP contribution is 2.47. The number of carbonyl (C=O) groups excluding carboxylic acids is 2. The van der Waals surface area contributed by atoms with Crippen LogP contribution in [0.25, 0.3) is 0 Å². The van der Waals surface area contributed by atoms with Gasteiger partial charge in [0.05, 0.1) is 35.4 Å². The van der Waals surface area contributed by atoms with Crippen LogP contribution >= 0.6 is 23.5 Å². The first-order valence-corrected chi connectivity index (χ1v) is 15.4. The van der Waals surface area contributed by atoms with Crippen molar-refractivity contribution in [2.45, 2.75) is 114 Å². The molecule has 0 rings (SSSR count). The Bertz CT molecular complexity index is 686. The van der Waals surface area contributed by atoms with Crippen LogP contribution in [0, 0.1) is 16.7 Å². The third-order valence-electron chi connectivity index (χ3n) is 7.26. The zero-order valence-electron chi connectivity index (χ0n) is 24.8. The summed E-state index contributed by atoms with van der Waals surface area (Å²) in [6, 6.07) is 0. The van der Waals surface area contributed by atoms with E-state index in [0.717, 1.165) is 19.3 Å². The van der Waals surface area contributed by atoms with Crippen molar-refractivity contribution in [2.75, 3.05) is 33.0 Å². The minimum atomic E-state index is -1.27. The summed E-state index contributed by atoms with van der Waals surface area (Å²) >= 11 is 3.51. The van der Waals surface area contributed by atoms with Crippen LogP contribution in [-0.2, 0) is 14.3 Å². The number of hydrogen-bond donors (Lipinski definition) is 4. The molecule has 0 bridgehead atoms. The zero-order chi connectivity index (χ0) is 29.1. The van der Waals surface area contributed by atoms with Gasteiger partial charge in [-0.2, -0.15) is 11.8 Å². The standard InChI is InChI=1S/C28H55NO6S2/c1-10-21(13-20(4)36-22(11-2)14-29)23(33)27(9,12-3)37-26(7,8)15-25(5,6)24(34)35-19-28(16-30,17-31)18-32/h20-22,30-32H,10-19,29H2,1-9H3. The van der Waals surface area contributed by atoms with E-state index in [9.17, 15) is 24.9 Å². The number of Topliss-reactive ketones (excluding diaryl/α,β-unsaturated/α-hetero) is 1. The quantitative estimate of drug-likeness (QED) is 0.158. The molecular weight excluding hydrogens is 510 g/mol. The average molecular weight is 566 g/mol. The van der Waals surface area contributed by atoms with Gasteiger partial charge in [0.15, 0.2) is 5.78 Å². The topological polar surface area (TPSA) is 130 Å². The lowest BCUT2D eigenvalue weighted by Crippen LogP contribution is -2.44. The molecule has 220 valence electrons. The van der Waals surface area contributed by atoms with Crippen LogP contribution in [-0.4, -0.2) is 80.0 Å². The molecule has 4 atom stereocenters. The fourth-order valence-corrected chi connectivity index (χ4v) is 8.14. The van der Waals surface area contributed by atoms with Crippen molar-refractivity contribution in [1.29, 1.82) is 0 Å². The lowest BCUT2D eigenvalue weighted by Gasteiger charge is -2.41. The summed E-state index contributed by atoms with van der Waals surface area (Å²) in [6.07, 6.45) is 3.79. The van der Waals surface area contributed by atoms with Gasteiger partial charge in [0.1, 0.15) is 6.61 Å². The van der Waals surface area contributed by atoms with Crippen molar-refractivity contribution in [3.8, 4) is 0 Å². The Morgan fingerprint density at radius 1 is 0.946 bits per heavy atom. The Morgan fingerprint density at radius 2 is 1.49 bits per heavy atom. The molecule has 0 fully saturated rings. The molecular formula is C28H55NO6S2. The molecule has 0 aromatic carbocycles. The number of thioether (sulfide) groups is 2. The van der Waals surface area contributed by atoms with Crippen LogP contribution in [0.3, 0.4) is 0 Å². The van der Waals surface area contributed by atoms with Crippen LogP contribution < -0.4 is 5.73 Å². The summed E-state index contributed by atoms with van der Waals surface area (Å²) in [5, 5.41) is 29.3. The van der Waals surface area contributed by atoms with Crippen molar-refractivity contribution < 1.29 is 29.6 Å². The normalized spacial score (nSPS) is 17.1. The highest BCUT2D eigenvalue weighted by Gasteiger charge is 2.45. The summed E-state index contributed by atoms with van der Waals surface area (Å²) in [4.78, 5) is 26.8. The van der Waals surface area contributed by atoms with Crippen molar-refractivity contribution >= 4 is 35.3 Å². The van der Waals surface area contributed by atoms with Crippen LogP contribution in [0.5, 0.6) is 0 Å². The van der Waals surface area contributed by atoms with Crippen molar-refractivity contribution in [1.82, 2.24) is 0 Å². The van der Waals surface area contributed by atoms with Gasteiger partial charge in [0.2, 0.25) is 0 Å². The molecule has 0 aliphatic rings. The van der Waals surface area contributed by atoms with Crippen molar-refractivity contribution in [3.63, 3.8) is 0 Å². The molecule has 0 aliphatic heterocycles. The molecule has 0 saturated heterocycles. The molecule has 0 aromatic rings. The molecule has 4 unspecified atom stereocenters. The second-order valence-corrected chi connectivity index (χ2v) is 15.9. The van der Waals surface area contributed by atoms with Gasteiger partial charge < -0.3 is 25.8 Å². The van der Waals surface area contributed by atoms with Gasteiger partial charge in [-0.25, -0.2) is 0 Å². The number of aliphatic hydroxyl groups excluding tert-OH is 3. The molecule has 0 saturated carbocycles. The van der Waals surface area contributed by atoms with Gasteiger partial charge in [0.25, 0.3) is 0 Å². The Labute approximate surface area is 234 Å². The van der Waals surface area contributed by atoms with Gasteiger partial charge in [0, 0.05) is 27.7 Å². The van der Waals surface area contributed by atoms with E-state index >= 15 is 0 Å². The molecule has 0 aromatic heterocycles. The van der Waals surface area contributed by atoms with Crippen LogP contribution in [0.4, 0.5) is 0 Å². The highest BCUT2D eigenvalue weighted by molar-refractivity contribution is 8.02. The van der Waals surface area contributed by atoms with E-state index in [-0.39, 0.29) is 18.3 Å². The Morgan fingerprint density at radius 3 is 1.89 bits per heavy atom. The molecule has 0 heterocycles. The second-order valence-electron chi connectivity index (χ2n) is 12.0. The molecule has 0 amide bonds. The zero-order valence-corrected chi connectivity index (χ0v) is 26.4. The van der Waals surface area contributed by atoms with Crippen molar-refractivity contribution in [3.05, 3.63) is 0 Å². The molecule has 0 aliphatic carbocycles. The summed E-state index contributed by atoms with van der Waals surface area (Å²) in [6.45, 7) is 17.1. The van der Waals surface area contributed by atoms with E-state index < -0.39 is 46.1 Å². The number of carbonyl (C=O) groups is 2. The van der Waals surface area contributed by atoms with Gasteiger partial charge >= 0.3 is 5.97 Å². The number of aliphatic hydroxyl groups is 3.